The Morgan fingerprint density at radius 1 is 1.37 bits per heavy atom. The summed E-state index contributed by atoms with van der Waals surface area (Å²) in [6.07, 6.45) is 1.75. The number of likely N-dealkylation sites (N-methyl/N-ethyl adjacent to an activating group) is 1. The molecule has 1 heterocycles. The van der Waals surface area contributed by atoms with Crippen LogP contribution in [0.1, 0.15) is 13.8 Å². The van der Waals surface area contributed by atoms with E-state index in [9.17, 15) is 5.26 Å². The van der Waals surface area contributed by atoms with Gasteiger partial charge in [0.05, 0.1) is 11.6 Å². The van der Waals surface area contributed by atoms with Gasteiger partial charge in [0.2, 0.25) is 0 Å². The Kier molecular flexibility index (Phi) is 3.98. The van der Waals surface area contributed by atoms with Crippen LogP contribution in [0.2, 0.25) is 0 Å². The average Bonchev–Trinajstić information content (AvgIpc) is 2.45. The van der Waals surface area contributed by atoms with Crippen LogP contribution in [-0.4, -0.2) is 23.7 Å². The van der Waals surface area contributed by atoms with Gasteiger partial charge in [-0.3, -0.25) is 10.3 Å². The Hall–Kier alpha value is -2.12. The lowest BCUT2D eigenvalue weighted by Crippen LogP contribution is -2.46. The third-order valence-electron chi connectivity index (χ3n) is 2.94. The lowest BCUT2D eigenvalue weighted by Gasteiger charge is -2.23. The van der Waals surface area contributed by atoms with Gasteiger partial charge in [0.15, 0.2) is 0 Å². The molecule has 98 valence electrons. The van der Waals surface area contributed by atoms with E-state index in [1.807, 2.05) is 44.2 Å². The van der Waals surface area contributed by atoms with E-state index in [1.54, 1.807) is 6.20 Å². The summed E-state index contributed by atoms with van der Waals surface area (Å²) in [6.45, 7) is 4.83. The molecule has 0 saturated heterocycles. The zero-order valence-electron chi connectivity index (χ0n) is 11.2. The third-order valence-corrected chi connectivity index (χ3v) is 2.94. The maximum atomic E-state index is 9.20. The van der Waals surface area contributed by atoms with Crippen molar-refractivity contribution in [2.24, 2.45) is 0 Å². The number of nitrogens with one attached hydrogen (secondary N) is 1. The van der Waals surface area contributed by atoms with Crippen LogP contribution in [0.5, 0.6) is 5.75 Å². The van der Waals surface area contributed by atoms with Crippen LogP contribution in [0, 0.1) is 11.3 Å². The molecule has 1 aromatic carbocycles. The minimum absolute atomic E-state index is 0.297. The first kappa shape index (κ1) is 13.3. The molecule has 1 unspecified atom stereocenters. The van der Waals surface area contributed by atoms with E-state index in [-0.39, 0.29) is 0 Å². The highest BCUT2D eigenvalue weighted by molar-refractivity contribution is 5.84. The first-order valence-electron chi connectivity index (χ1n) is 6.31. The van der Waals surface area contributed by atoms with Crippen LogP contribution >= 0.6 is 0 Å². The first-order chi connectivity index (χ1) is 9.18. The summed E-state index contributed by atoms with van der Waals surface area (Å²) in [5.41, 5.74) is 0.209. The lowest BCUT2D eigenvalue weighted by atomic mass is 10.1. The van der Waals surface area contributed by atoms with Crippen LogP contribution in [-0.2, 0) is 0 Å². The van der Waals surface area contributed by atoms with Crippen LogP contribution in [0.3, 0.4) is 0 Å². The van der Waals surface area contributed by atoms with Gasteiger partial charge in [-0.1, -0.05) is 13.0 Å². The van der Waals surface area contributed by atoms with Gasteiger partial charge in [-0.2, -0.15) is 5.26 Å². The monoisotopic (exact) mass is 255 g/mol. The number of fused-ring (bicyclic) bond motifs is 1. The Labute approximate surface area is 113 Å². The molecule has 1 atom stereocenters. The molecule has 2 rings (SSSR count). The lowest BCUT2D eigenvalue weighted by molar-refractivity contribution is 0.238. The highest BCUT2D eigenvalue weighted by atomic mass is 16.5. The van der Waals surface area contributed by atoms with Crippen LogP contribution in [0.4, 0.5) is 0 Å². The molecule has 0 aliphatic rings. The quantitative estimate of drug-likeness (QED) is 0.891. The number of aromatic nitrogens is 1. The predicted octanol–water partition coefficient (Wildman–Crippen LogP) is 2.51. The Bertz CT molecular complexity index is 600. The summed E-state index contributed by atoms with van der Waals surface area (Å²) < 4.78 is 5.80. The molecule has 0 saturated carbocycles. The van der Waals surface area contributed by atoms with E-state index >= 15 is 0 Å². The second-order valence-electron chi connectivity index (χ2n) is 4.59. The summed E-state index contributed by atoms with van der Waals surface area (Å²) in [7, 11) is 0. The van der Waals surface area contributed by atoms with E-state index < -0.39 is 5.54 Å². The highest BCUT2D eigenvalue weighted by Gasteiger charge is 2.23. The fraction of sp³-hybridized carbons (Fsp3) is 0.333. The van der Waals surface area contributed by atoms with Crippen molar-refractivity contribution in [1.82, 2.24) is 10.3 Å². The smallest absolute Gasteiger partial charge is 0.138 e. The SMILES string of the molecule is CCNC(C)(C#N)COc1cccc2ncccc12. The molecule has 0 aliphatic heterocycles. The molecule has 1 N–H and O–H groups in total. The molecule has 0 bridgehead atoms. The number of hydrogen-bond acceptors (Lipinski definition) is 4. The summed E-state index contributed by atoms with van der Waals surface area (Å²) in [6, 6.07) is 11.8. The molecule has 4 nitrogen and oxygen atoms in total. The van der Waals surface area contributed by atoms with Gasteiger partial charge in [0.1, 0.15) is 17.9 Å². The van der Waals surface area contributed by atoms with E-state index in [0.29, 0.717) is 6.61 Å². The first-order valence-corrected chi connectivity index (χ1v) is 6.31. The minimum atomic E-state index is -0.681. The number of nitrogens with zero attached hydrogens (tertiary/aromatic N) is 2. The van der Waals surface area contributed by atoms with Crippen LogP contribution in [0.15, 0.2) is 36.5 Å². The predicted molar refractivity (Wildman–Crippen MR) is 74.9 cm³/mol. The Balaban J connectivity index is 2.21. The summed E-state index contributed by atoms with van der Waals surface area (Å²) in [5.74, 6) is 0.755. The summed E-state index contributed by atoms with van der Waals surface area (Å²) in [4.78, 5) is 4.28. The molecule has 2 aromatic rings. The van der Waals surface area contributed by atoms with Crippen LogP contribution < -0.4 is 10.1 Å². The maximum absolute atomic E-state index is 9.20. The van der Waals surface area contributed by atoms with Crippen molar-refractivity contribution in [3.05, 3.63) is 36.5 Å². The van der Waals surface area contributed by atoms with Crippen molar-refractivity contribution in [1.29, 1.82) is 5.26 Å². The zero-order valence-corrected chi connectivity index (χ0v) is 11.2. The molecule has 0 amide bonds. The zero-order chi connectivity index (χ0) is 13.7. The summed E-state index contributed by atoms with van der Waals surface area (Å²) in [5, 5.41) is 13.3. The van der Waals surface area contributed by atoms with Crippen LogP contribution in [0.25, 0.3) is 10.9 Å². The highest BCUT2D eigenvalue weighted by Crippen LogP contribution is 2.24. The third kappa shape index (κ3) is 3.01. The number of nitriles is 1. The average molecular weight is 255 g/mol. The number of hydrogen-bond donors (Lipinski definition) is 1. The maximum Gasteiger partial charge on any atom is 0.138 e. The van der Waals surface area contributed by atoms with Crippen molar-refractivity contribution in [2.45, 2.75) is 19.4 Å². The second kappa shape index (κ2) is 5.68. The fourth-order valence-electron chi connectivity index (χ4n) is 1.94. The summed E-state index contributed by atoms with van der Waals surface area (Å²) >= 11 is 0. The second-order valence-corrected chi connectivity index (χ2v) is 4.59. The molecule has 0 fully saturated rings. The largest absolute Gasteiger partial charge is 0.490 e. The molecular formula is C15H17N3O. The van der Waals surface area contributed by atoms with E-state index in [0.717, 1.165) is 23.2 Å². The number of rotatable bonds is 5. The Morgan fingerprint density at radius 3 is 2.95 bits per heavy atom. The van der Waals surface area contributed by atoms with Gasteiger partial charge < -0.3 is 4.74 Å². The topological polar surface area (TPSA) is 57.9 Å². The minimum Gasteiger partial charge on any atom is -0.490 e. The number of pyridine rings is 1. The standard InChI is InChI=1S/C15H17N3O/c1-3-18-15(2,10-16)11-19-14-8-4-7-13-12(14)6-5-9-17-13/h4-9,18H,3,11H2,1-2H3. The molecule has 4 heteroatoms. The van der Waals surface area contributed by atoms with Crippen molar-refractivity contribution >= 4 is 10.9 Å². The normalized spacial score (nSPS) is 13.7. The van der Waals surface area contributed by atoms with E-state index in [2.05, 4.69) is 16.4 Å². The molecule has 0 radical (unpaired) electrons. The van der Waals surface area contributed by atoms with Gasteiger partial charge in [-0.25, -0.2) is 0 Å². The molecule has 0 spiro atoms. The van der Waals surface area contributed by atoms with Gasteiger partial charge in [0.25, 0.3) is 0 Å². The van der Waals surface area contributed by atoms with Crippen molar-refractivity contribution in [2.75, 3.05) is 13.2 Å². The fourth-order valence-corrected chi connectivity index (χ4v) is 1.94. The van der Waals surface area contributed by atoms with Gasteiger partial charge in [-0.05, 0) is 37.7 Å². The van der Waals surface area contributed by atoms with E-state index in [4.69, 9.17) is 4.74 Å². The van der Waals surface area contributed by atoms with Crippen molar-refractivity contribution in [3.8, 4) is 11.8 Å². The molecule has 1 aromatic heterocycles. The van der Waals surface area contributed by atoms with Gasteiger partial charge in [0, 0.05) is 11.6 Å². The van der Waals surface area contributed by atoms with E-state index in [1.165, 1.54) is 0 Å². The van der Waals surface area contributed by atoms with Crippen molar-refractivity contribution < 1.29 is 4.74 Å². The molecular weight excluding hydrogens is 238 g/mol. The Morgan fingerprint density at radius 2 is 2.21 bits per heavy atom. The molecule has 0 aliphatic carbocycles. The van der Waals surface area contributed by atoms with Crippen molar-refractivity contribution in [3.63, 3.8) is 0 Å². The number of ether oxygens (including phenoxy) is 1. The van der Waals surface area contributed by atoms with Gasteiger partial charge in [-0.15, -0.1) is 0 Å². The molecule has 19 heavy (non-hydrogen) atoms. The van der Waals surface area contributed by atoms with Gasteiger partial charge >= 0.3 is 0 Å². The number of benzene rings is 1.